The Bertz CT molecular complexity index is 929. The van der Waals surface area contributed by atoms with Crippen LogP contribution in [0.1, 0.15) is 15.9 Å². The summed E-state index contributed by atoms with van der Waals surface area (Å²) < 4.78 is 15.2. The highest BCUT2D eigenvalue weighted by atomic mass is 35.5. The van der Waals surface area contributed by atoms with E-state index in [1.54, 1.807) is 24.4 Å². The minimum Gasteiger partial charge on any atom is -0.305 e. The smallest absolute Gasteiger partial charge is 0.261 e. The van der Waals surface area contributed by atoms with E-state index in [4.69, 9.17) is 11.6 Å². The average molecular weight is 342 g/mol. The summed E-state index contributed by atoms with van der Waals surface area (Å²) in [6.45, 7) is 0. The van der Waals surface area contributed by atoms with Gasteiger partial charge in [0.15, 0.2) is 11.6 Å². The molecule has 2 aromatic heterocycles. The first-order valence-corrected chi connectivity index (χ1v) is 7.14. The van der Waals surface area contributed by atoms with Gasteiger partial charge in [-0.2, -0.15) is 15.0 Å². The van der Waals surface area contributed by atoms with Gasteiger partial charge in [0.05, 0.1) is 16.8 Å². The Morgan fingerprint density at radius 1 is 1.29 bits per heavy atom. The van der Waals surface area contributed by atoms with Crippen molar-refractivity contribution in [2.24, 2.45) is 0 Å². The van der Waals surface area contributed by atoms with E-state index >= 15 is 0 Å². The number of hydrogen-bond acceptors (Lipinski definition) is 4. The Morgan fingerprint density at radius 2 is 2.12 bits per heavy atom. The number of rotatable bonds is 3. The number of nitriles is 1. The second-order valence-electron chi connectivity index (χ2n) is 4.67. The number of amides is 1. The van der Waals surface area contributed by atoms with Gasteiger partial charge >= 0.3 is 0 Å². The Hall–Kier alpha value is -3.24. The third-order valence-corrected chi connectivity index (χ3v) is 3.49. The highest BCUT2D eigenvalue weighted by Gasteiger charge is 2.20. The van der Waals surface area contributed by atoms with E-state index in [0.29, 0.717) is 5.82 Å². The number of carbonyl (C=O) groups is 1. The van der Waals surface area contributed by atoms with Gasteiger partial charge in [-0.1, -0.05) is 23.7 Å². The van der Waals surface area contributed by atoms with Gasteiger partial charge in [0.25, 0.3) is 5.91 Å². The maximum Gasteiger partial charge on any atom is 0.261 e. The molecule has 0 unspecified atom stereocenters. The number of aromatic nitrogens is 3. The van der Waals surface area contributed by atoms with Crippen molar-refractivity contribution >= 4 is 23.3 Å². The number of hydrogen-bond donors (Lipinski definition) is 1. The van der Waals surface area contributed by atoms with Crippen LogP contribution in [0.5, 0.6) is 0 Å². The predicted octanol–water partition coefficient (Wildman–Crippen LogP) is 3.18. The van der Waals surface area contributed by atoms with E-state index < -0.39 is 11.7 Å². The summed E-state index contributed by atoms with van der Waals surface area (Å²) in [5, 5.41) is 15.7. The zero-order chi connectivity index (χ0) is 17.1. The molecule has 0 saturated heterocycles. The molecule has 0 aliphatic rings. The number of halogens is 2. The van der Waals surface area contributed by atoms with Gasteiger partial charge in [-0.25, -0.2) is 9.37 Å². The number of benzene rings is 1. The first-order valence-electron chi connectivity index (χ1n) is 6.76. The van der Waals surface area contributed by atoms with Crippen LogP contribution in [0.4, 0.5) is 10.2 Å². The molecule has 3 aromatic rings. The van der Waals surface area contributed by atoms with Gasteiger partial charge in [0.2, 0.25) is 0 Å². The van der Waals surface area contributed by atoms with Crippen LogP contribution in [0.3, 0.4) is 0 Å². The topological polar surface area (TPSA) is 83.6 Å². The maximum absolute atomic E-state index is 13.9. The highest BCUT2D eigenvalue weighted by molar-refractivity contribution is 6.34. The van der Waals surface area contributed by atoms with Crippen molar-refractivity contribution in [2.75, 3.05) is 5.32 Å². The minimum atomic E-state index is -0.785. The van der Waals surface area contributed by atoms with Crippen molar-refractivity contribution in [3.63, 3.8) is 0 Å². The SMILES string of the molecule is N#Cc1cnn(-c2ccccn2)c1NC(=O)c1c(F)cccc1Cl. The molecule has 0 aliphatic heterocycles. The standard InChI is InChI=1S/C16H9ClFN5O/c17-11-4-3-5-12(18)14(11)16(24)22-15-10(8-19)9-21-23(15)13-6-1-2-7-20-13/h1-7,9H,(H,22,24). The third-order valence-electron chi connectivity index (χ3n) is 3.18. The first kappa shape index (κ1) is 15.6. The van der Waals surface area contributed by atoms with Crippen molar-refractivity contribution in [2.45, 2.75) is 0 Å². The quantitative estimate of drug-likeness (QED) is 0.793. The van der Waals surface area contributed by atoms with Crippen LogP contribution in [-0.2, 0) is 0 Å². The van der Waals surface area contributed by atoms with Gasteiger partial charge in [0.1, 0.15) is 17.4 Å². The van der Waals surface area contributed by atoms with Crippen molar-refractivity contribution in [1.82, 2.24) is 14.8 Å². The molecule has 8 heteroatoms. The fourth-order valence-electron chi connectivity index (χ4n) is 2.09. The number of pyridine rings is 1. The molecule has 24 heavy (non-hydrogen) atoms. The Balaban J connectivity index is 2.03. The number of nitrogens with zero attached hydrogens (tertiary/aromatic N) is 4. The lowest BCUT2D eigenvalue weighted by molar-refractivity contribution is 0.102. The lowest BCUT2D eigenvalue weighted by atomic mass is 10.2. The highest BCUT2D eigenvalue weighted by Crippen LogP contribution is 2.23. The zero-order valence-corrected chi connectivity index (χ0v) is 12.8. The molecule has 0 spiro atoms. The molecule has 1 N–H and O–H groups in total. The second-order valence-corrected chi connectivity index (χ2v) is 5.08. The number of nitrogens with one attached hydrogen (secondary N) is 1. The third kappa shape index (κ3) is 2.83. The molecule has 0 saturated carbocycles. The predicted molar refractivity (Wildman–Crippen MR) is 85.4 cm³/mol. The summed E-state index contributed by atoms with van der Waals surface area (Å²) in [5.41, 5.74) is -0.196. The molecule has 2 heterocycles. The van der Waals surface area contributed by atoms with Gasteiger partial charge in [-0.15, -0.1) is 0 Å². The van der Waals surface area contributed by atoms with Gasteiger partial charge in [-0.3, -0.25) is 4.79 Å². The lowest BCUT2D eigenvalue weighted by Crippen LogP contribution is -2.18. The average Bonchev–Trinajstić information content (AvgIpc) is 2.98. The summed E-state index contributed by atoms with van der Waals surface area (Å²) in [6, 6.07) is 10.9. The summed E-state index contributed by atoms with van der Waals surface area (Å²) in [7, 11) is 0. The van der Waals surface area contributed by atoms with Crippen LogP contribution in [0.2, 0.25) is 5.02 Å². The van der Waals surface area contributed by atoms with Crippen molar-refractivity contribution < 1.29 is 9.18 Å². The molecular weight excluding hydrogens is 333 g/mol. The Kier molecular flexibility index (Phi) is 4.22. The molecule has 6 nitrogen and oxygen atoms in total. The fraction of sp³-hybridized carbons (Fsp3) is 0. The zero-order valence-electron chi connectivity index (χ0n) is 12.1. The fourth-order valence-corrected chi connectivity index (χ4v) is 2.34. The van der Waals surface area contributed by atoms with E-state index in [1.165, 1.54) is 23.0 Å². The Labute approximate surface area is 141 Å². The normalized spacial score (nSPS) is 10.2. The van der Waals surface area contributed by atoms with Crippen LogP contribution in [0, 0.1) is 17.1 Å². The van der Waals surface area contributed by atoms with E-state index in [0.717, 1.165) is 6.07 Å². The van der Waals surface area contributed by atoms with Gasteiger partial charge in [-0.05, 0) is 24.3 Å². The molecule has 0 atom stereocenters. The molecule has 0 fully saturated rings. The van der Waals surface area contributed by atoms with Gasteiger partial charge in [0, 0.05) is 6.20 Å². The van der Waals surface area contributed by atoms with E-state index in [9.17, 15) is 14.4 Å². The molecule has 0 bridgehead atoms. The molecule has 0 radical (unpaired) electrons. The monoisotopic (exact) mass is 341 g/mol. The van der Waals surface area contributed by atoms with Crippen molar-refractivity contribution in [3.05, 3.63) is 70.8 Å². The number of carbonyl (C=O) groups excluding carboxylic acids is 1. The van der Waals surface area contributed by atoms with Crippen LogP contribution in [-0.4, -0.2) is 20.7 Å². The largest absolute Gasteiger partial charge is 0.305 e. The van der Waals surface area contributed by atoms with E-state index in [2.05, 4.69) is 15.4 Å². The molecule has 0 aliphatic carbocycles. The molecular formula is C16H9ClFN5O. The summed E-state index contributed by atoms with van der Waals surface area (Å²) >= 11 is 5.89. The van der Waals surface area contributed by atoms with Crippen LogP contribution < -0.4 is 5.32 Å². The lowest BCUT2D eigenvalue weighted by Gasteiger charge is -2.10. The van der Waals surface area contributed by atoms with E-state index in [1.807, 2.05) is 6.07 Å². The van der Waals surface area contributed by atoms with Crippen LogP contribution in [0.25, 0.3) is 5.82 Å². The summed E-state index contributed by atoms with van der Waals surface area (Å²) in [5.74, 6) is -1.07. The molecule has 1 amide bonds. The first-order chi connectivity index (χ1) is 11.6. The summed E-state index contributed by atoms with van der Waals surface area (Å²) in [4.78, 5) is 16.5. The number of anilines is 1. The summed E-state index contributed by atoms with van der Waals surface area (Å²) in [6.07, 6.45) is 2.83. The molecule has 3 rings (SSSR count). The van der Waals surface area contributed by atoms with Crippen molar-refractivity contribution in [3.8, 4) is 11.9 Å². The molecule has 118 valence electrons. The Morgan fingerprint density at radius 3 is 2.79 bits per heavy atom. The van der Waals surface area contributed by atoms with Crippen LogP contribution in [0.15, 0.2) is 48.8 Å². The van der Waals surface area contributed by atoms with E-state index in [-0.39, 0.29) is 22.0 Å². The molecule has 1 aromatic carbocycles. The maximum atomic E-state index is 13.9. The second kappa shape index (κ2) is 6.48. The van der Waals surface area contributed by atoms with Crippen molar-refractivity contribution in [1.29, 1.82) is 5.26 Å². The van der Waals surface area contributed by atoms with Crippen LogP contribution >= 0.6 is 11.6 Å². The minimum absolute atomic E-state index is 0.0325. The van der Waals surface area contributed by atoms with Gasteiger partial charge < -0.3 is 5.32 Å².